The van der Waals surface area contributed by atoms with Gasteiger partial charge in [0.2, 0.25) is 5.91 Å². The van der Waals surface area contributed by atoms with Crippen LogP contribution < -0.4 is 5.32 Å². The number of aromatic nitrogens is 2. The first kappa shape index (κ1) is 18.5. The number of hydrogen-bond donors (Lipinski definition) is 2. The molecule has 0 spiro atoms. The molecule has 0 bridgehead atoms. The molecule has 2 aromatic rings. The smallest absolute Gasteiger partial charge is 0.254 e. The summed E-state index contributed by atoms with van der Waals surface area (Å²) in [6.07, 6.45) is 3.54. The highest BCUT2D eigenvalue weighted by Crippen LogP contribution is 2.23. The minimum absolute atomic E-state index is 0.0404. The second-order valence-corrected chi connectivity index (χ2v) is 7.32. The van der Waals surface area contributed by atoms with E-state index in [-0.39, 0.29) is 24.1 Å². The number of carbonyl (C=O) groups excluding carboxylic acids is 2. The minimum Gasteiger partial charge on any atom is -0.508 e. The van der Waals surface area contributed by atoms with Crippen LogP contribution in [0.5, 0.6) is 5.75 Å². The van der Waals surface area contributed by atoms with Gasteiger partial charge in [-0.25, -0.2) is 0 Å². The van der Waals surface area contributed by atoms with Crippen LogP contribution in [0.2, 0.25) is 0 Å². The molecule has 3 heterocycles. The first-order valence-electron chi connectivity index (χ1n) is 9.58. The van der Waals surface area contributed by atoms with E-state index < -0.39 is 6.04 Å². The Bertz CT molecular complexity index is 859. The molecular weight excluding hydrogens is 360 g/mol. The van der Waals surface area contributed by atoms with E-state index in [9.17, 15) is 14.7 Å². The van der Waals surface area contributed by atoms with E-state index >= 15 is 0 Å². The lowest BCUT2D eigenvalue weighted by Crippen LogP contribution is -2.47. The SMILES string of the molecule is O=C(NCC1CCOCC1)[C@@H]1CN(C(=O)c2cccc(O)c2)Cc2ccnn21. The Hall–Kier alpha value is -2.87. The maximum absolute atomic E-state index is 12.9. The minimum atomic E-state index is -0.570. The van der Waals surface area contributed by atoms with E-state index in [4.69, 9.17) is 4.74 Å². The summed E-state index contributed by atoms with van der Waals surface area (Å²) in [5, 5.41) is 17.0. The third-order valence-electron chi connectivity index (χ3n) is 5.38. The van der Waals surface area contributed by atoms with Gasteiger partial charge in [0.25, 0.3) is 5.91 Å². The lowest BCUT2D eigenvalue weighted by atomic mass is 10.0. The molecule has 4 rings (SSSR count). The van der Waals surface area contributed by atoms with Crippen molar-refractivity contribution in [3.63, 3.8) is 0 Å². The van der Waals surface area contributed by atoms with Crippen LogP contribution in [0, 0.1) is 5.92 Å². The Labute approximate surface area is 163 Å². The molecule has 148 valence electrons. The van der Waals surface area contributed by atoms with Gasteiger partial charge in [-0.3, -0.25) is 14.3 Å². The van der Waals surface area contributed by atoms with Crippen molar-refractivity contribution in [2.24, 2.45) is 5.92 Å². The van der Waals surface area contributed by atoms with E-state index in [2.05, 4.69) is 10.4 Å². The van der Waals surface area contributed by atoms with Crippen molar-refractivity contribution in [1.82, 2.24) is 20.0 Å². The summed E-state index contributed by atoms with van der Waals surface area (Å²) in [6.45, 7) is 2.69. The van der Waals surface area contributed by atoms with E-state index in [0.29, 0.717) is 24.6 Å². The molecule has 2 N–H and O–H groups in total. The number of phenols is 1. The first-order chi connectivity index (χ1) is 13.6. The number of carbonyl (C=O) groups is 2. The van der Waals surface area contributed by atoms with Crippen LogP contribution in [-0.4, -0.2) is 57.9 Å². The maximum atomic E-state index is 12.9. The van der Waals surface area contributed by atoms with Gasteiger partial charge in [-0.05, 0) is 43.0 Å². The van der Waals surface area contributed by atoms with Crippen molar-refractivity contribution < 1.29 is 19.4 Å². The number of benzene rings is 1. The number of ether oxygens (including phenoxy) is 1. The third kappa shape index (κ3) is 3.87. The van der Waals surface area contributed by atoms with Crippen molar-refractivity contribution in [1.29, 1.82) is 0 Å². The van der Waals surface area contributed by atoms with Crippen LogP contribution in [-0.2, 0) is 16.1 Å². The summed E-state index contributed by atoms with van der Waals surface area (Å²) >= 11 is 0. The Kier molecular flexibility index (Phi) is 5.29. The number of aromatic hydroxyl groups is 1. The topological polar surface area (TPSA) is 96.7 Å². The van der Waals surface area contributed by atoms with E-state index in [1.54, 1.807) is 27.9 Å². The third-order valence-corrected chi connectivity index (χ3v) is 5.38. The quantitative estimate of drug-likeness (QED) is 0.829. The van der Waals surface area contributed by atoms with Gasteiger partial charge in [-0.1, -0.05) is 6.07 Å². The summed E-state index contributed by atoms with van der Waals surface area (Å²) in [6, 6.07) is 7.51. The normalized spacial score (nSPS) is 19.9. The average Bonchev–Trinajstić information content (AvgIpc) is 3.20. The Morgan fingerprint density at radius 3 is 2.86 bits per heavy atom. The molecule has 0 aliphatic carbocycles. The summed E-state index contributed by atoms with van der Waals surface area (Å²) < 4.78 is 7.06. The van der Waals surface area contributed by atoms with Crippen molar-refractivity contribution in [3.05, 3.63) is 47.8 Å². The van der Waals surface area contributed by atoms with Gasteiger partial charge in [-0.2, -0.15) is 5.10 Å². The standard InChI is InChI=1S/C20H24N4O4/c25-17-3-1-2-15(10-17)20(27)23-12-16-4-7-22-24(16)18(13-23)19(26)21-11-14-5-8-28-9-6-14/h1-4,7,10,14,18,25H,5-6,8-9,11-13H2,(H,21,26)/t18-/m0/s1. The Balaban J connectivity index is 1.47. The van der Waals surface area contributed by atoms with Gasteiger partial charge in [0, 0.05) is 31.5 Å². The summed E-state index contributed by atoms with van der Waals surface area (Å²) in [5.74, 6) is 0.109. The van der Waals surface area contributed by atoms with Crippen molar-refractivity contribution in [3.8, 4) is 5.75 Å². The Morgan fingerprint density at radius 2 is 2.07 bits per heavy atom. The van der Waals surface area contributed by atoms with Crippen LogP contribution >= 0.6 is 0 Å². The van der Waals surface area contributed by atoms with Gasteiger partial charge in [0.15, 0.2) is 0 Å². The van der Waals surface area contributed by atoms with Crippen molar-refractivity contribution >= 4 is 11.8 Å². The lowest BCUT2D eigenvalue weighted by Gasteiger charge is -2.33. The first-order valence-corrected chi connectivity index (χ1v) is 9.58. The van der Waals surface area contributed by atoms with E-state index in [1.165, 1.54) is 12.1 Å². The van der Waals surface area contributed by atoms with Gasteiger partial charge < -0.3 is 20.1 Å². The van der Waals surface area contributed by atoms with Crippen LogP contribution in [0.4, 0.5) is 0 Å². The second-order valence-electron chi connectivity index (χ2n) is 7.32. The van der Waals surface area contributed by atoms with Crippen LogP contribution in [0.15, 0.2) is 36.5 Å². The molecule has 1 atom stereocenters. The molecule has 1 saturated heterocycles. The molecule has 1 aromatic carbocycles. The highest BCUT2D eigenvalue weighted by Gasteiger charge is 2.33. The fourth-order valence-corrected chi connectivity index (χ4v) is 3.78. The van der Waals surface area contributed by atoms with Crippen molar-refractivity contribution in [2.45, 2.75) is 25.4 Å². The zero-order valence-electron chi connectivity index (χ0n) is 15.6. The number of rotatable bonds is 4. The van der Waals surface area contributed by atoms with Crippen molar-refractivity contribution in [2.75, 3.05) is 26.3 Å². The second kappa shape index (κ2) is 8.02. The molecule has 2 aliphatic heterocycles. The summed E-state index contributed by atoms with van der Waals surface area (Å²) in [5.41, 5.74) is 1.21. The lowest BCUT2D eigenvalue weighted by molar-refractivity contribution is -0.126. The highest BCUT2D eigenvalue weighted by molar-refractivity contribution is 5.95. The van der Waals surface area contributed by atoms with Gasteiger partial charge in [0.05, 0.1) is 18.8 Å². The maximum Gasteiger partial charge on any atom is 0.254 e. The zero-order valence-corrected chi connectivity index (χ0v) is 15.6. The summed E-state index contributed by atoms with van der Waals surface area (Å²) in [4.78, 5) is 27.4. The molecule has 8 nitrogen and oxygen atoms in total. The zero-order chi connectivity index (χ0) is 19.5. The number of hydrogen-bond acceptors (Lipinski definition) is 5. The van der Waals surface area contributed by atoms with E-state index in [0.717, 1.165) is 31.7 Å². The van der Waals surface area contributed by atoms with Crippen LogP contribution in [0.1, 0.15) is 34.9 Å². The molecule has 1 fully saturated rings. The molecule has 0 unspecified atom stereocenters. The predicted octanol–water partition coefficient (Wildman–Crippen LogP) is 1.33. The monoisotopic (exact) mass is 384 g/mol. The molecule has 0 radical (unpaired) electrons. The van der Waals surface area contributed by atoms with Crippen LogP contribution in [0.3, 0.4) is 0 Å². The molecule has 8 heteroatoms. The largest absolute Gasteiger partial charge is 0.508 e. The fourth-order valence-electron chi connectivity index (χ4n) is 3.78. The number of nitrogens with zero attached hydrogens (tertiary/aromatic N) is 3. The summed E-state index contributed by atoms with van der Waals surface area (Å²) in [7, 11) is 0. The highest BCUT2D eigenvalue weighted by atomic mass is 16.5. The fraction of sp³-hybridized carbons (Fsp3) is 0.450. The molecule has 1 aromatic heterocycles. The van der Waals surface area contributed by atoms with E-state index in [1.807, 2.05) is 6.07 Å². The molecule has 0 saturated carbocycles. The number of fused-ring (bicyclic) bond motifs is 1. The molecule has 28 heavy (non-hydrogen) atoms. The number of nitrogens with one attached hydrogen (secondary N) is 1. The number of amides is 2. The molecule has 2 aliphatic rings. The van der Waals surface area contributed by atoms with Gasteiger partial charge in [-0.15, -0.1) is 0 Å². The molecule has 2 amide bonds. The van der Waals surface area contributed by atoms with Gasteiger partial charge >= 0.3 is 0 Å². The van der Waals surface area contributed by atoms with Gasteiger partial charge in [0.1, 0.15) is 11.8 Å². The molecular formula is C20H24N4O4. The predicted molar refractivity (Wildman–Crippen MR) is 101 cm³/mol. The average molecular weight is 384 g/mol. The van der Waals surface area contributed by atoms with Crippen LogP contribution in [0.25, 0.3) is 0 Å². The number of phenolic OH excluding ortho intramolecular Hbond substituents is 1. The Morgan fingerprint density at radius 1 is 1.25 bits per heavy atom.